The van der Waals surface area contributed by atoms with E-state index < -0.39 is 11.7 Å². The summed E-state index contributed by atoms with van der Waals surface area (Å²) in [5.74, 6) is 1.05. The Morgan fingerprint density at radius 2 is 2.00 bits per heavy atom. The topological polar surface area (TPSA) is 58.6 Å². The normalized spacial score (nSPS) is 18.3. The van der Waals surface area contributed by atoms with Crippen LogP contribution in [0.3, 0.4) is 0 Å². The molecule has 1 fully saturated rings. The number of carbonyl (C=O) groups is 2. The zero-order chi connectivity index (χ0) is 14.7. The summed E-state index contributed by atoms with van der Waals surface area (Å²) in [4.78, 5) is 25.2. The van der Waals surface area contributed by atoms with Crippen LogP contribution in [0.25, 0.3) is 0 Å². The molecule has 0 radical (unpaired) electrons. The molecule has 1 N–H and O–H groups in total. The standard InChI is InChI=1S/C13H24N2O3S/c1-12(2,3)18-11(17)14-7-6-10(16)15-8-9-19-13(15,4)5/h6-9H2,1-5H3,(H,14,17). The van der Waals surface area contributed by atoms with E-state index in [1.165, 1.54) is 0 Å². The van der Waals surface area contributed by atoms with Crippen molar-refractivity contribution < 1.29 is 14.3 Å². The van der Waals surface area contributed by atoms with E-state index in [9.17, 15) is 9.59 Å². The van der Waals surface area contributed by atoms with Crippen LogP contribution in [0.1, 0.15) is 41.0 Å². The van der Waals surface area contributed by atoms with E-state index in [0.717, 1.165) is 12.3 Å². The van der Waals surface area contributed by atoms with Crippen molar-refractivity contribution in [1.29, 1.82) is 0 Å². The maximum Gasteiger partial charge on any atom is 0.407 e. The largest absolute Gasteiger partial charge is 0.444 e. The van der Waals surface area contributed by atoms with Gasteiger partial charge in [0.15, 0.2) is 0 Å². The second-order valence-corrected chi connectivity index (χ2v) is 7.72. The molecule has 0 atom stereocenters. The molecule has 0 aromatic heterocycles. The van der Waals surface area contributed by atoms with Crippen LogP contribution < -0.4 is 5.32 Å². The van der Waals surface area contributed by atoms with Gasteiger partial charge in [0.1, 0.15) is 5.60 Å². The molecule has 110 valence electrons. The molecule has 1 aliphatic heterocycles. The van der Waals surface area contributed by atoms with Gasteiger partial charge in [0.2, 0.25) is 5.91 Å². The molecular formula is C13H24N2O3S. The predicted molar refractivity (Wildman–Crippen MR) is 77.1 cm³/mol. The van der Waals surface area contributed by atoms with Crippen molar-refractivity contribution in [3.63, 3.8) is 0 Å². The highest BCUT2D eigenvalue weighted by Gasteiger charge is 2.35. The third kappa shape index (κ3) is 5.30. The van der Waals surface area contributed by atoms with Crippen molar-refractivity contribution in [2.24, 2.45) is 0 Å². The molecule has 0 bridgehead atoms. The lowest BCUT2D eigenvalue weighted by Crippen LogP contribution is -2.43. The SMILES string of the molecule is CC(C)(C)OC(=O)NCCC(=O)N1CCSC1(C)C. The van der Waals surface area contributed by atoms with Crippen LogP contribution in [0.15, 0.2) is 0 Å². The van der Waals surface area contributed by atoms with Gasteiger partial charge in [-0.15, -0.1) is 11.8 Å². The van der Waals surface area contributed by atoms with Crippen molar-refractivity contribution in [2.75, 3.05) is 18.8 Å². The maximum absolute atomic E-state index is 12.0. The predicted octanol–water partition coefficient (Wildman–Crippen LogP) is 2.21. The molecule has 1 aliphatic rings. The molecule has 0 saturated carbocycles. The summed E-state index contributed by atoms with van der Waals surface area (Å²) in [5.41, 5.74) is -0.512. The second kappa shape index (κ2) is 6.03. The fraction of sp³-hybridized carbons (Fsp3) is 0.846. The smallest absolute Gasteiger partial charge is 0.407 e. The first kappa shape index (κ1) is 16.1. The van der Waals surface area contributed by atoms with E-state index in [4.69, 9.17) is 4.74 Å². The summed E-state index contributed by atoms with van der Waals surface area (Å²) in [6.07, 6.45) is -0.168. The summed E-state index contributed by atoms with van der Waals surface area (Å²) in [6.45, 7) is 10.6. The minimum absolute atomic E-state index is 0.0751. The van der Waals surface area contributed by atoms with E-state index >= 15 is 0 Å². The molecule has 1 heterocycles. The van der Waals surface area contributed by atoms with Crippen LogP contribution >= 0.6 is 11.8 Å². The van der Waals surface area contributed by atoms with E-state index in [2.05, 4.69) is 5.32 Å². The number of nitrogens with zero attached hydrogens (tertiary/aromatic N) is 1. The zero-order valence-corrected chi connectivity index (χ0v) is 13.2. The van der Waals surface area contributed by atoms with Crippen molar-refractivity contribution >= 4 is 23.8 Å². The molecule has 2 amide bonds. The number of alkyl carbamates (subject to hydrolysis) is 1. The molecule has 0 aromatic carbocycles. The highest BCUT2D eigenvalue weighted by Crippen LogP contribution is 2.34. The lowest BCUT2D eigenvalue weighted by atomic mass is 10.2. The number of thioether (sulfide) groups is 1. The van der Waals surface area contributed by atoms with Gasteiger partial charge < -0.3 is 15.0 Å². The first-order valence-corrected chi connectivity index (χ1v) is 7.52. The van der Waals surface area contributed by atoms with E-state index in [0.29, 0.717) is 13.0 Å². The number of amides is 2. The highest BCUT2D eigenvalue weighted by atomic mass is 32.2. The molecule has 6 heteroatoms. The molecular weight excluding hydrogens is 264 g/mol. The van der Waals surface area contributed by atoms with Crippen molar-refractivity contribution in [3.8, 4) is 0 Å². The monoisotopic (exact) mass is 288 g/mol. The van der Waals surface area contributed by atoms with Gasteiger partial charge in [-0.1, -0.05) is 0 Å². The number of rotatable bonds is 3. The first-order chi connectivity index (χ1) is 8.62. The first-order valence-electron chi connectivity index (χ1n) is 6.53. The van der Waals surface area contributed by atoms with Gasteiger partial charge >= 0.3 is 6.09 Å². The molecule has 0 aromatic rings. The number of ether oxygens (including phenoxy) is 1. The van der Waals surface area contributed by atoms with E-state index in [-0.39, 0.29) is 10.8 Å². The molecule has 0 spiro atoms. The van der Waals surface area contributed by atoms with Crippen LogP contribution in [-0.2, 0) is 9.53 Å². The van der Waals surface area contributed by atoms with Crippen LogP contribution in [0.2, 0.25) is 0 Å². The minimum Gasteiger partial charge on any atom is -0.444 e. The van der Waals surface area contributed by atoms with Crippen molar-refractivity contribution in [1.82, 2.24) is 10.2 Å². The average Bonchev–Trinajstić information content (AvgIpc) is 2.55. The Kier molecular flexibility index (Phi) is 5.12. The van der Waals surface area contributed by atoms with Crippen LogP contribution in [0, 0.1) is 0 Å². The lowest BCUT2D eigenvalue weighted by Gasteiger charge is -2.30. The molecule has 5 nitrogen and oxygen atoms in total. The number of carbonyl (C=O) groups excluding carboxylic acids is 2. The van der Waals surface area contributed by atoms with Gasteiger partial charge in [-0.2, -0.15) is 0 Å². The fourth-order valence-electron chi connectivity index (χ4n) is 1.88. The number of nitrogens with one attached hydrogen (secondary N) is 1. The third-order valence-corrected chi connectivity index (χ3v) is 4.04. The van der Waals surface area contributed by atoms with Crippen molar-refractivity contribution in [2.45, 2.75) is 51.5 Å². The Labute approximate surface area is 119 Å². The van der Waals surface area contributed by atoms with Crippen LogP contribution in [0.5, 0.6) is 0 Å². The van der Waals surface area contributed by atoms with E-state index in [1.54, 1.807) is 11.8 Å². The molecule has 0 unspecified atom stereocenters. The average molecular weight is 288 g/mol. The van der Waals surface area contributed by atoms with Gasteiger partial charge in [0, 0.05) is 25.3 Å². The van der Waals surface area contributed by atoms with Gasteiger partial charge in [-0.05, 0) is 34.6 Å². The Hall–Kier alpha value is -0.910. The van der Waals surface area contributed by atoms with E-state index in [1.807, 2.05) is 39.5 Å². The Bertz CT molecular complexity index is 350. The van der Waals surface area contributed by atoms with Gasteiger partial charge in [0.05, 0.1) is 4.87 Å². The number of hydrogen-bond acceptors (Lipinski definition) is 4. The third-order valence-electron chi connectivity index (χ3n) is 2.73. The molecule has 1 saturated heterocycles. The molecule has 19 heavy (non-hydrogen) atoms. The fourth-order valence-corrected chi connectivity index (χ4v) is 3.00. The molecule has 1 rings (SSSR count). The van der Waals surface area contributed by atoms with Gasteiger partial charge in [0.25, 0.3) is 0 Å². The zero-order valence-electron chi connectivity index (χ0n) is 12.4. The Balaban J connectivity index is 2.30. The minimum atomic E-state index is -0.512. The summed E-state index contributed by atoms with van der Waals surface area (Å²) in [6, 6.07) is 0. The summed E-state index contributed by atoms with van der Waals surface area (Å²) in [5, 5.41) is 2.61. The van der Waals surface area contributed by atoms with Crippen LogP contribution in [0.4, 0.5) is 4.79 Å². The maximum atomic E-state index is 12.0. The summed E-state index contributed by atoms with van der Waals surface area (Å²) >= 11 is 1.78. The van der Waals surface area contributed by atoms with Crippen molar-refractivity contribution in [3.05, 3.63) is 0 Å². The van der Waals surface area contributed by atoms with Gasteiger partial charge in [-0.3, -0.25) is 4.79 Å². The number of hydrogen-bond donors (Lipinski definition) is 1. The van der Waals surface area contributed by atoms with Crippen LogP contribution in [-0.4, -0.2) is 46.2 Å². The molecule has 0 aliphatic carbocycles. The Morgan fingerprint density at radius 1 is 1.37 bits per heavy atom. The Morgan fingerprint density at radius 3 is 2.47 bits per heavy atom. The highest BCUT2D eigenvalue weighted by molar-refractivity contribution is 8.00. The lowest BCUT2D eigenvalue weighted by molar-refractivity contribution is -0.132. The summed E-state index contributed by atoms with van der Waals surface area (Å²) < 4.78 is 5.11. The second-order valence-electron chi connectivity index (χ2n) is 6.02. The van der Waals surface area contributed by atoms with Gasteiger partial charge in [-0.25, -0.2) is 4.79 Å². The quantitative estimate of drug-likeness (QED) is 0.865. The summed E-state index contributed by atoms with van der Waals surface area (Å²) in [7, 11) is 0.